The maximum atomic E-state index is 13.2. The summed E-state index contributed by atoms with van der Waals surface area (Å²) < 4.78 is 47.8. The van der Waals surface area contributed by atoms with Crippen molar-refractivity contribution in [3.05, 3.63) is 77.3 Å². The van der Waals surface area contributed by atoms with Crippen LogP contribution in [0.2, 0.25) is 5.02 Å². The summed E-state index contributed by atoms with van der Waals surface area (Å²) in [5.74, 6) is 2.09. The first-order valence-corrected chi connectivity index (χ1v) is 17.0. The molecule has 1 saturated heterocycles. The standard InChI is InChI=1S/C32H33ClN4O5S2/c1-36-13-15-37(16-14-36)12-5-17-41-30-20-26-24(19-29(30)40-2)27(10-11-34-26)42-28-9-8-22(18-25(28)33)35-44(38,39)32-21-43-31-7-4-3-6-23(31)32/h3-4,6-11,18-21,35H,5,12-17H2,1-2H3. The molecule has 0 aliphatic carbocycles. The highest BCUT2D eigenvalue weighted by Gasteiger charge is 2.20. The zero-order valence-corrected chi connectivity index (χ0v) is 26.8. The van der Waals surface area contributed by atoms with E-state index in [1.54, 1.807) is 43.0 Å². The molecule has 0 amide bonds. The number of hydrogen-bond acceptors (Lipinski definition) is 9. The maximum Gasteiger partial charge on any atom is 0.263 e. The Labute approximate surface area is 266 Å². The molecule has 0 spiro atoms. The van der Waals surface area contributed by atoms with Crippen LogP contribution in [-0.4, -0.2) is 76.7 Å². The first kappa shape index (κ1) is 30.4. The zero-order valence-electron chi connectivity index (χ0n) is 24.5. The van der Waals surface area contributed by atoms with Crippen LogP contribution in [0.25, 0.3) is 21.0 Å². The van der Waals surface area contributed by atoms with E-state index in [-0.39, 0.29) is 9.92 Å². The molecule has 6 rings (SSSR count). The van der Waals surface area contributed by atoms with Crippen LogP contribution in [0.3, 0.4) is 0 Å². The van der Waals surface area contributed by atoms with Crippen molar-refractivity contribution in [2.75, 3.05) is 58.2 Å². The maximum absolute atomic E-state index is 13.2. The Balaban J connectivity index is 1.15. The van der Waals surface area contributed by atoms with E-state index < -0.39 is 10.0 Å². The number of pyridine rings is 1. The lowest BCUT2D eigenvalue weighted by Crippen LogP contribution is -2.44. The van der Waals surface area contributed by atoms with Gasteiger partial charge in [0.05, 0.1) is 29.9 Å². The van der Waals surface area contributed by atoms with E-state index in [1.807, 2.05) is 30.3 Å². The highest BCUT2D eigenvalue weighted by Crippen LogP contribution is 2.39. The first-order chi connectivity index (χ1) is 21.3. The van der Waals surface area contributed by atoms with Gasteiger partial charge in [-0.25, -0.2) is 8.42 Å². The van der Waals surface area contributed by atoms with Crippen molar-refractivity contribution >= 4 is 59.6 Å². The van der Waals surface area contributed by atoms with Gasteiger partial charge in [0.1, 0.15) is 16.4 Å². The fourth-order valence-electron chi connectivity index (χ4n) is 5.17. The molecular weight excluding hydrogens is 620 g/mol. The number of anilines is 1. The summed E-state index contributed by atoms with van der Waals surface area (Å²) in [6.45, 7) is 5.91. The molecule has 9 nitrogen and oxygen atoms in total. The Morgan fingerprint density at radius 1 is 0.955 bits per heavy atom. The Kier molecular flexibility index (Phi) is 9.11. The van der Waals surface area contributed by atoms with Crippen LogP contribution >= 0.6 is 22.9 Å². The number of nitrogens with one attached hydrogen (secondary N) is 1. The number of fused-ring (bicyclic) bond motifs is 2. The third kappa shape index (κ3) is 6.72. The lowest BCUT2D eigenvalue weighted by Gasteiger charge is -2.32. The van der Waals surface area contributed by atoms with Gasteiger partial charge in [0.15, 0.2) is 11.5 Å². The number of rotatable bonds is 11. The molecule has 230 valence electrons. The molecule has 44 heavy (non-hydrogen) atoms. The summed E-state index contributed by atoms with van der Waals surface area (Å²) in [7, 11) is -0.0618. The molecule has 0 unspecified atom stereocenters. The second kappa shape index (κ2) is 13.2. The van der Waals surface area contributed by atoms with Crippen molar-refractivity contribution in [2.24, 2.45) is 0 Å². The van der Waals surface area contributed by atoms with Crippen molar-refractivity contribution in [1.82, 2.24) is 14.8 Å². The van der Waals surface area contributed by atoms with Crippen LogP contribution in [0.4, 0.5) is 5.69 Å². The largest absolute Gasteiger partial charge is 0.493 e. The molecule has 1 N–H and O–H groups in total. The summed E-state index contributed by atoms with van der Waals surface area (Å²) in [6, 6.07) is 17.6. The molecule has 1 aliphatic heterocycles. The average Bonchev–Trinajstić information content (AvgIpc) is 3.46. The number of halogens is 1. The van der Waals surface area contributed by atoms with Gasteiger partial charge >= 0.3 is 0 Å². The minimum atomic E-state index is -3.82. The summed E-state index contributed by atoms with van der Waals surface area (Å²) in [6.07, 6.45) is 2.57. The van der Waals surface area contributed by atoms with Gasteiger partial charge in [-0.2, -0.15) is 0 Å². The Bertz CT molecular complexity index is 1890. The molecule has 0 radical (unpaired) electrons. The molecule has 5 aromatic rings. The summed E-state index contributed by atoms with van der Waals surface area (Å²) in [5, 5.41) is 3.28. The molecule has 2 aromatic heterocycles. The van der Waals surface area contributed by atoms with Gasteiger partial charge in [-0.1, -0.05) is 29.8 Å². The number of nitrogens with zero attached hydrogens (tertiary/aromatic N) is 3. The van der Waals surface area contributed by atoms with E-state index in [0.717, 1.165) is 49.2 Å². The summed E-state index contributed by atoms with van der Waals surface area (Å²) in [4.78, 5) is 9.55. The minimum Gasteiger partial charge on any atom is -0.493 e. The molecule has 0 saturated carbocycles. The van der Waals surface area contributed by atoms with E-state index >= 15 is 0 Å². The van der Waals surface area contributed by atoms with Crippen LogP contribution in [0, 0.1) is 0 Å². The van der Waals surface area contributed by atoms with Crippen molar-refractivity contribution in [1.29, 1.82) is 0 Å². The van der Waals surface area contributed by atoms with Crippen molar-refractivity contribution in [3.63, 3.8) is 0 Å². The number of benzene rings is 3. The fourth-order valence-corrected chi connectivity index (χ4v) is 7.94. The second-order valence-electron chi connectivity index (χ2n) is 10.6. The average molecular weight is 653 g/mol. The van der Waals surface area contributed by atoms with Crippen molar-refractivity contribution in [3.8, 4) is 23.0 Å². The second-order valence-corrected chi connectivity index (χ2v) is 13.6. The lowest BCUT2D eigenvalue weighted by atomic mass is 10.1. The van der Waals surface area contributed by atoms with E-state index in [2.05, 4.69) is 26.6 Å². The van der Waals surface area contributed by atoms with E-state index in [4.69, 9.17) is 25.8 Å². The summed E-state index contributed by atoms with van der Waals surface area (Å²) in [5.41, 5.74) is 1.01. The van der Waals surface area contributed by atoms with E-state index in [0.29, 0.717) is 46.2 Å². The monoisotopic (exact) mass is 652 g/mol. The highest BCUT2D eigenvalue weighted by atomic mass is 35.5. The van der Waals surface area contributed by atoms with Crippen molar-refractivity contribution in [2.45, 2.75) is 11.3 Å². The number of ether oxygens (including phenoxy) is 3. The number of sulfonamides is 1. The third-order valence-corrected chi connectivity index (χ3v) is 10.4. The normalized spacial score (nSPS) is 14.6. The smallest absolute Gasteiger partial charge is 0.263 e. The Hall–Kier alpha value is -3.61. The van der Waals surface area contributed by atoms with Crippen LogP contribution in [0.1, 0.15) is 6.42 Å². The molecule has 3 aromatic carbocycles. The SMILES string of the molecule is COc1cc2c(Oc3ccc(NS(=O)(=O)c4csc5ccccc45)cc3Cl)ccnc2cc1OCCCN1CCN(C)CC1. The van der Waals surface area contributed by atoms with Crippen LogP contribution in [0.5, 0.6) is 23.0 Å². The quantitative estimate of drug-likeness (QED) is 0.157. The minimum absolute atomic E-state index is 0.227. The van der Waals surface area contributed by atoms with Crippen LogP contribution in [0.15, 0.2) is 77.1 Å². The van der Waals surface area contributed by atoms with Gasteiger partial charge in [0, 0.05) is 65.8 Å². The van der Waals surface area contributed by atoms with Gasteiger partial charge in [0.2, 0.25) is 0 Å². The predicted octanol–water partition coefficient (Wildman–Crippen LogP) is 6.72. The number of hydrogen-bond donors (Lipinski definition) is 1. The predicted molar refractivity (Wildman–Crippen MR) is 177 cm³/mol. The molecule has 0 bridgehead atoms. The summed E-state index contributed by atoms with van der Waals surface area (Å²) >= 11 is 7.96. The topological polar surface area (TPSA) is 93.2 Å². The van der Waals surface area contributed by atoms with E-state index in [9.17, 15) is 8.42 Å². The van der Waals surface area contributed by atoms with Gasteiger partial charge in [-0.15, -0.1) is 11.3 Å². The molecule has 3 heterocycles. The van der Waals surface area contributed by atoms with Gasteiger partial charge in [-0.3, -0.25) is 9.71 Å². The molecular formula is C32H33ClN4O5S2. The molecule has 12 heteroatoms. The van der Waals surface area contributed by atoms with Crippen LogP contribution < -0.4 is 18.9 Å². The Morgan fingerprint density at radius 3 is 2.57 bits per heavy atom. The lowest BCUT2D eigenvalue weighted by molar-refractivity contribution is 0.145. The van der Waals surface area contributed by atoms with Crippen molar-refractivity contribution < 1.29 is 22.6 Å². The number of likely N-dealkylation sites (N-methyl/N-ethyl adjacent to an activating group) is 1. The van der Waals surface area contributed by atoms with E-state index in [1.165, 1.54) is 17.4 Å². The molecule has 1 fully saturated rings. The molecule has 1 aliphatic rings. The number of methoxy groups -OCH3 is 1. The Morgan fingerprint density at radius 2 is 1.77 bits per heavy atom. The first-order valence-electron chi connectivity index (χ1n) is 14.3. The van der Waals surface area contributed by atoms with Gasteiger partial charge in [-0.05, 0) is 49.9 Å². The van der Waals surface area contributed by atoms with Gasteiger partial charge in [0.25, 0.3) is 10.0 Å². The molecule has 0 atom stereocenters. The number of aromatic nitrogens is 1. The van der Waals surface area contributed by atoms with Crippen LogP contribution in [-0.2, 0) is 10.0 Å². The number of piperazine rings is 1. The third-order valence-electron chi connectivity index (χ3n) is 7.60. The fraction of sp³-hybridized carbons (Fsp3) is 0.281. The van der Waals surface area contributed by atoms with Gasteiger partial charge < -0.3 is 24.0 Å². The number of thiophene rings is 1. The zero-order chi connectivity index (χ0) is 30.7. The highest BCUT2D eigenvalue weighted by molar-refractivity contribution is 7.93.